The molecule has 0 fully saturated rings. The molecule has 1 heteroatoms. The van der Waals surface area contributed by atoms with E-state index in [4.69, 9.17) is 0 Å². The Hall–Kier alpha value is -0.690. The maximum absolute atomic E-state index is 4.43. The molecule has 13 heavy (non-hydrogen) atoms. The molecule has 0 saturated carbocycles. The third kappa shape index (κ3) is 1.80. The van der Waals surface area contributed by atoms with Crippen LogP contribution < -0.4 is 0 Å². The van der Waals surface area contributed by atoms with Gasteiger partial charge in [-0.1, -0.05) is 47.6 Å². The summed E-state index contributed by atoms with van der Waals surface area (Å²) >= 11 is 4.43. The lowest BCUT2D eigenvalue weighted by Gasteiger charge is -2.17. The first kappa shape index (κ1) is 8.89. The Morgan fingerprint density at radius 3 is 1.92 bits per heavy atom. The molecule has 0 heterocycles. The maximum Gasteiger partial charge on any atom is 0.0108 e. The van der Waals surface area contributed by atoms with Gasteiger partial charge in [-0.2, -0.15) is 12.6 Å². The van der Waals surface area contributed by atoms with Gasteiger partial charge in [-0.15, -0.1) is 0 Å². The first-order chi connectivity index (χ1) is 6.42. The second-order valence-corrected chi connectivity index (χ2v) is 3.85. The molecule has 0 atom stereocenters. The maximum atomic E-state index is 4.43. The average Bonchev–Trinajstić information content (AvgIpc) is 2.76. The van der Waals surface area contributed by atoms with Crippen LogP contribution in [0.25, 0.3) is 0 Å². The van der Waals surface area contributed by atoms with E-state index < -0.39 is 0 Å². The zero-order valence-electron chi connectivity index (χ0n) is 7.61. The van der Waals surface area contributed by atoms with E-state index in [0.29, 0.717) is 5.92 Å². The smallest absolute Gasteiger partial charge is 0.0108 e. The fourth-order valence-electron chi connectivity index (χ4n) is 1.92. The van der Waals surface area contributed by atoms with E-state index in [9.17, 15) is 0 Å². The lowest BCUT2D eigenvalue weighted by molar-refractivity contribution is 0.782. The predicted octanol–water partition coefficient (Wildman–Crippen LogP) is 3.31. The number of hydrogen-bond acceptors (Lipinski definition) is 1. The predicted molar refractivity (Wildman–Crippen MR) is 61.0 cm³/mol. The van der Waals surface area contributed by atoms with Gasteiger partial charge in [0.25, 0.3) is 0 Å². The van der Waals surface area contributed by atoms with E-state index in [0.717, 1.165) is 18.6 Å². The Labute approximate surface area is 85.1 Å². The first-order valence-electron chi connectivity index (χ1n) is 4.74. The highest BCUT2D eigenvalue weighted by atomic mass is 32.1. The summed E-state index contributed by atoms with van der Waals surface area (Å²) in [6.45, 7) is 0. The number of rotatable bonds is 3. The van der Waals surface area contributed by atoms with Gasteiger partial charge in [0.2, 0.25) is 0 Å². The minimum Gasteiger partial charge on any atom is -0.178 e. The summed E-state index contributed by atoms with van der Waals surface area (Å²) in [6, 6.07) is 0. The zero-order chi connectivity index (χ0) is 9.10. The van der Waals surface area contributed by atoms with Crippen molar-refractivity contribution in [3.05, 3.63) is 47.6 Å². The van der Waals surface area contributed by atoms with Crippen molar-refractivity contribution >= 4 is 12.6 Å². The van der Waals surface area contributed by atoms with Crippen molar-refractivity contribution in [1.82, 2.24) is 0 Å². The van der Waals surface area contributed by atoms with Crippen molar-refractivity contribution in [2.75, 3.05) is 5.75 Å². The molecule has 0 saturated heterocycles. The molecule has 0 spiro atoms. The van der Waals surface area contributed by atoms with Gasteiger partial charge in [-0.25, -0.2) is 0 Å². The molecule has 0 aromatic carbocycles. The molecule has 0 aromatic rings. The summed E-state index contributed by atoms with van der Waals surface area (Å²) in [6.07, 6.45) is 15.4. The number of hydrogen-bond donors (Lipinski definition) is 1. The second kappa shape index (κ2) is 4.01. The molecule has 2 aliphatic rings. The zero-order valence-corrected chi connectivity index (χ0v) is 8.50. The minimum atomic E-state index is 0.563. The van der Waals surface area contributed by atoms with Crippen molar-refractivity contribution in [3.8, 4) is 0 Å². The van der Waals surface area contributed by atoms with Crippen LogP contribution in [0.5, 0.6) is 0 Å². The number of thiol groups is 1. The van der Waals surface area contributed by atoms with Gasteiger partial charge < -0.3 is 0 Å². The topological polar surface area (TPSA) is 0 Å². The molecule has 0 bridgehead atoms. The van der Waals surface area contributed by atoms with Crippen molar-refractivity contribution in [3.63, 3.8) is 0 Å². The summed E-state index contributed by atoms with van der Waals surface area (Å²) < 4.78 is 0. The molecule has 0 radical (unpaired) electrons. The Balaban J connectivity index is 2.09. The van der Waals surface area contributed by atoms with Crippen LogP contribution in [0.4, 0.5) is 0 Å². The Morgan fingerprint density at radius 1 is 1.08 bits per heavy atom. The fraction of sp³-hybridized carbons (Fsp3) is 0.333. The lowest BCUT2D eigenvalue weighted by atomic mass is 9.91. The van der Waals surface area contributed by atoms with Crippen molar-refractivity contribution < 1.29 is 0 Å². The third-order valence-electron chi connectivity index (χ3n) is 2.68. The molecule has 0 unspecified atom stereocenters. The SMILES string of the molecule is SCC(C1=CC=CC1)C1=CC=CC1. The minimum absolute atomic E-state index is 0.563. The van der Waals surface area contributed by atoms with E-state index in [-0.39, 0.29) is 0 Å². The Kier molecular flexibility index (Phi) is 2.74. The standard InChI is InChI=1S/C12H14S/c13-9-12(10-5-1-2-6-10)11-7-3-4-8-11/h1-5,7,12-13H,6,8-9H2. The van der Waals surface area contributed by atoms with Crippen LogP contribution in [0.1, 0.15) is 12.8 Å². The summed E-state index contributed by atoms with van der Waals surface area (Å²) in [5.41, 5.74) is 3.04. The van der Waals surface area contributed by atoms with Gasteiger partial charge in [0, 0.05) is 11.7 Å². The van der Waals surface area contributed by atoms with Crippen LogP contribution in [0.3, 0.4) is 0 Å². The normalized spacial score (nSPS) is 19.8. The van der Waals surface area contributed by atoms with Gasteiger partial charge in [-0.05, 0) is 12.8 Å². The molecule has 2 aliphatic carbocycles. The highest BCUT2D eigenvalue weighted by molar-refractivity contribution is 7.80. The molecule has 0 nitrogen and oxygen atoms in total. The second-order valence-electron chi connectivity index (χ2n) is 3.48. The summed E-state index contributed by atoms with van der Waals surface area (Å²) in [7, 11) is 0. The van der Waals surface area contributed by atoms with Crippen molar-refractivity contribution in [1.29, 1.82) is 0 Å². The van der Waals surface area contributed by atoms with Crippen LogP contribution in [0.15, 0.2) is 47.6 Å². The molecule has 0 N–H and O–H groups in total. The van der Waals surface area contributed by atoms with E-state index >= 15 is 0 Å². The lowest BCUT2D eigenvalue weighted by Crippen LogP contribution is -2.07. The first-order valence-corrected chi connectivity index (χ1v) is 5.37. The molecule has 68 valence electrons. The number of allylic oxidation sites excluding steroid dienone is 8. The summed E-state index contributed by atoms with van der Waals surface area (Å²) in [5.74, 6) is 1.49. The monoisotopic (exact) mass is 190 g/mol. The fourth-order valence-corrected chi connectivity index (χ4v) is 2.39. The highest BCUT2D eigenvalue weighted by Crippen LogP contribution is 2.31. The molecule has 0 amide bonds. The molecular weight excluding hydrogens is 176 g/mol. The van der Waals surface area contributed by atoms with Crippen LogP contribution >= 0.6 is 12.6 Å². The van der Waals surface area contributed by atoms with Gasteiger partial charge in [0.15, 0.2) is 0 Å². The largest absolute Gasteiger partial charge is 0.178 e. The average molecular weight is 190 g/mol. The van der Waals surface area contributed by atoms with E-state index in [1.54, 1.807) is 0 Å². The van der Waals surface area contributed by atoms with Crippen LogP contribution in [0.2, 0.25) is 0 Å². The molecule has 0 aliphatic heterocycles. The van der Waals surface area contributed by atoms with Crippen molar-refractivity contribution in [2.24, 2.45) is 5.92 Å². The van der Waals surface area contributed by atoms with E-state index in [2.05, 4.69) is 49.1 Å². The van der Waals surface area contributed by atoms with E-state index in [1.807, 2.05) is 0 Å². The summed E-state index contributed by atoms with van der Waals surface area (Å²) in [4.78, 5) is 0. The summed E-state index contributed by atoms with van der Waals surface area (Å²) in [5, 5.41) is 0. The van der Waals surface area contributed by atoms with Crippen LogP contribution in [0, 0.1) is 5.92 Å². The molecule has 2 rings (SSSR count). The molecular formula is C12H14S. The quantitative estimate of drug-likeness (QED) is 0.649. The van der Waals surface area contributed by atoms with Crippen LogP contribution in [-0.2, 0) is 0 Å². The van der Waals surface area contributed by atoms with Gasteiger partial charge >= 0.3 is 0 Å². The molecule has 0 aromatic heterocycles. The highest BCUT2D eigenvalue weighted by Gasteiger charge is 2.18. The van der Waals surface area contributed by atoms with Gasteiger partial charge in [0.1, 0.15) is 0 Å². The van der Waals surface area contributed by atoms with E-state index in [1.165, 1.54) is 11.1 Å². The van der Waals surface area contributed by atoms with Gasteiger partial charge in [0.05, 0.1) is 0 Å². The van der Waals surface area contributed by atoms with Crippen molar-refractivity contribution in [2.45, 2.75) is 12.8 Å². The Bertz CT molecular complexity index is 275. The third-order valence-corrected chi connectivity index (χ3v) is 3.04. The van der Waals surface area contributed by atoms with Gasteiger partial charge in [-0.3, -0.25) is 0 Å². The Morgan fingerprint density at radius 2 is 1.62 bits per heavy atom. The van der Waals surface area contributed by atoms with Crippen LogP contribution in [-0.4, -0.2) is 5.75 Å².